The van der Waals surface area contributed by atoms with Gasteiger partial charge in [-0.2, -0.15) is 0 Å². The second-order valence-electron chi connectivity index (χ2n) is 6.14. The third-order valence-corrected chi connectivity index (χ3v) is 5.23. The maximum Gasteiger partial charge on any atom is 0.0804 e. The van der Waals surface area contributed by atoms with E-state index >= 15 is 0 Å². The van der Waals surface area contributed by atoms with E-state index < -0.39 is 6.10 Å². The minimum atomic E-state index is -0.425. The molecule has 0 bridgehead atoms. The Bertz CT molecular complexity index is 421. The molecule has 0 heterocycles. The van der Waals surface area contributed by atoms with E-state index in [9.17, 15) is 5.11 Å². The first-order valence-electron chi connectivity index (χ1n) is 6.26. The van der Waals surface area contributed by atoms with Crippen molar-refractivity contribution in [3.05, 3.63) is 32.2 Å². The summed E-state index contributed by atoms with van der Waals surface area (Å²) in [6, 6.07) is 4.06. The quantitative estimate of drug-likeness (QED) is 0.723. The molecule has 0 saturated carbocycles. The number of halogens is 2. The molecule has 1 aromatic rings. The molecule has 0 spiro atoms. The van der Waals surface area contributed by atoms with Gasteiger partial charge in [0.2, 0.25) is 0 Å². The number of rotatable bonds is 3. The molecule has 2 unspecified atom stereocenters. The Morgan fingerprint density at radius 3 is 2.22 bits per heavy atom. The lowest BCUT2D eigenvalue weighted by Gasteiger charge is -2.29. The Kier molecular flexibility index (Phi) is 5.45. The highest BCUT2D eigenvalue weighted by molar-refractivity contribution is 9.11. The zero-order valence-electron chi connectivity index (χ0n) is 11.7. The van der Waals surface area contributed by atoms with Crippen molar-refractivity contribution in [3.63, 3.8) is 0 Å². The van der Waals surface area contributed by atoms with Crippen LogP contribution in [0.5, 0.6) is 0 Å². The van der Waals surface area contributed by atoms with Gasteiger partial charge in [0.05, 0.1) is 6.10 Å². The number of aryl methyl sites for hydroxylation is 1. The van der Waals surface area contributed by atoms with Gasteiger partial charge >= 0.3 is 0 Å². The summed E-state index contributed by atoms with van der Waals surface area (Å²) in [6.07, 6.45) is 0.350. The lowest BCUT2D eigenvalue weighted by atomic mass is 9.78. The monoisotopic (exact) mass is 376 g/mol. The van der Waals surface area contributed by atoms with Crippen LogP contribution in [-0.2, 0) is 0 Å². The van der Waals surface area contributed by atoms with Crippen molar-refractivity contribution >= 4 is 31.9 Å². The number of benzene rings is 1. The SMILES string of the molecule is Cc1cc(Br)c(C(O)CC(C)C(C)(C)C)cc1Br. The summed E-state index contributed by atoms with van der Waals surface area (Å²) < 4.78 is 2.03. The van der Waals surface area contributed by atoms with E-state index in [0.29, 0.717) is 5.92 Å². The van der Waals surface area contributed by atoms with E-state index in [4.69, 9.17) is 0 Å². The first-order chi connectivity index (χ1) is 8.12. The normalized spacial score (nSPS) is 15.6. The van der Waals surface area contributed by atoms with Crippen LogP contribution in [-0.4, -0.2) is 5.11 Å². The topological polar surface area (TPSA) is 20.2 Å². The first-order valence-corrected chi connectivity index (χ1v) is 7.85. The number of hydrogen-bond acceptors (Lipinski definition) is 1. The van der Waals surface area contributed by atoms with Gasteiger partial charge in [-0.3, -0.25) is 0 Å². The lowest BCUT2D eigenvalue weighted by Crippen LogP contribution is -2.20. The minimum absolute atomic E-state index is 0.218. The van der Waals surface area contributed by atoms with E-state index in [1.54, 1.807) is 0 Å². The molecule has 2 atom stereocenters. The lowest BCUT2D eigenvalue weighted by molar-refractivity contribution is 0.110. The van der Waals surface area contributed by atoms with Gasteiger partial charge in [-0.15, -0.1) is 0 Å². The number of hydrogen-bond donors (Lipinski definition) is 1. The molecule has 0 radical (unpaired) electrons. The maximum absolute atomic E-state index is 10.4. The summed E-state index contributed by atoms with van der Waals surface area (Å²) in [7, 11) is 0. The van der Waals surface area contributed by atoms with E-state index in [1.165, 1.54) is 5.56 Å². The molecule has 0 amide bonds. The van der Waals surface area contributed by atoms with E-state index in [2.05, 4.69) is 59.6 Å². The highest BCUT2D eigenvalue weighted by Gasteiger charge is 2.24. The van der Waals surface area contributed by atoms with Crippen molar-refractivity contribution in [1.29, 1.82) is 0 Å². The third kappa shape index (κ3) is 4.07. The Morgan fingerprint density at radius 2 is 1.72 bits per heavy atom. The summed E-state index contributed by atoms with van der Waals surface area (Å²) in [4.78, 5) is 0. The molecule has 1 N–H and O–H groups in total. The van der Waals surface area contributed by atoms with E-state index in [-0.39, 0.29) is 5.41 Å². The van der Waals surface area contributed by atoms with Crippen LogP contribution in [0.4, 0.5) is 0 Å². The molecule has 0 aliphatic carbocycles. The molecule has 1 rings (SSSR count). The Labute approximate surface area is 127 Å². The summed E-state index contributed by atoms with van der Waals surface area (Å²) >= 11 is 7.06. The van der Waals surface area contributed by atoms with Crippen LogP contribution in [0, 0.1) is 18.3 Å². The average molecular weight is 378 g/mol. The van der Waals surface area contributed by atoms with Crippen LogP contribution in [0.1, 0.15) is 51.3 Å². The summed E-state index contributed by atoms with van der Waals surface area (Å²) in [6.45, 7) is 10.9. The molecule has 0 aliphatic rings. The molecule has 3 heteroatoms. The Hall–Kier alpha value is 0.140. The molecule has 102 valence electrons. The molecule has 0 saturated heterocycles. The molecule has 1 aromatic carbocycles. The molecular formula is C15H22Br2O. The van der Waals surface area contributed by atoms with Crippen molar-refractivity contribution < 1.29 is 5.11 Å². The van der Waals surface area contributed by atoms with Gasteiger partial charge < -0.3 is 5.11 Å². The molecule has 0 fully saturated rings. The highest BCUT2D eigenvalue weighted by Crippen LogP contribution is 2.37. The Morgan fingerprint density at radius 1 is 1.17 bits per heavy atom. The fraction of sp³-hybridized carbons (Fsp3) is 0.600. The molecular weight excluding hydrogens is 356 g/mol. The van der Waals surface area contributed by atoms with Crippen LogP contribution in [0.2, 0.25) is 0 Å². The van der Waals surface area contributed by atoms with Gasteiger partial charge in [-0.1, -0.05) is 59.6 Å². The van der Waals surface area contributed by atoms with Crippen molar-refractivity contribution in [1.82, 2.24) is 0 Å². The zero-order chi connectivity index (χ0) is 14.1. The van der Waals surface area contributed by atoms with E-state index in [0.717, 1.165) is 20.9 Å². The van der Waals surface area contributed by atoms with Crippen LogP contribution in [0.15, 0.2) is 21.1 Å². The van der Waals surface area contributed by atoms with Gasteiger partial charge in [0, 0.05) is 8.95 Å². The summed E-state index contributed by atoms with van der Waals surface area (Å²) in [5.74, 6) is 0.458. The zero-order valence-corrected chi connectivity index (χ0v) is 14.9. The number of aliphatic hydroxyl groups is 1. The predicted octanol–water partition coefficient (Wildman–Crippen LogP) is 5.63. The van der Waals surface area contributed by atoms with Gasteiger partial charge in [0.1, 0.15) is 0 Å². The van der Waals surface area contributed by atoms with Crippen molar-refractivity contribution in [2.75, 3.05) is 0 Å². The van der Waals surface area contributed by atoms with Crippen LogP contribution < -0.4 is 0 Å². The largest absolute Gasteiger partial charge is 0.388 e. The second-order valence-corrected chi connectivity index (χ2v) is 7.85. The predicted molar refractivity (Wildman–Crippen MR) is 84.8 cm³/mol. The molecule has 18 heavy (non-hydrogen) atoms. The average Bonchev–Trinajstić information content (AvgIpc) is 2.21. The van der Waals surface area contributed by atoms with Gasteiger partial charge in [0.15, 0.2) is 0 Å². The summed E-state index contributed by atoms with van der Waals surface area (Å²) in [5, 5.41) is 10.4. The third-order valence-electron chi connectivity index (χ3n) is 3.69. The van der Waals surface area contributed by atoms with Crippen molar-refractivity contribution in [2.24, 2.45) is 11.3 Å². The molecule has 1 nitrogen and oxygen atoms in total. The number of aliphatic hydroxyl groups excluding tert-OH is 1. The molecule has 0 aromatic heterocycles. The van der Waals surface area contributed by atoms with Gasteiger partial charge in [-0.05, 0) is 47.9 Å². The second kappa shape index (κ2) is 6.06. The van der Waals surface area contributed by atoms with Crippen LogP contribution in [0.3, 0.4) is 0 Å². The van der Waals surface area contributed by atoms with Gasteiger partial charge in [0.25, 0.3) is 0 Å². The smallest absolute Gasteiger partial charge is 0.0804 e. The van der Waals surface area contributed by atoms with E-state index in [1.807, 2.05) is 19.1 Å². The van der Waals surface area contributed by atoms with Crippen LogP contribution >= 0.6 is 31.9 Å². The Balaban J connectivity index is 2.91. The van der Waals surface area contributed by atoms with Gasteiger partial charge in [-0.25, -0.2) is 0 Å². The maximum atomic E-state index is 10.4. The minimum Gasteiger partial charge on any atom is -0.388 e. The fourth-order valence-electron chi connectivity index (χ4n) is 1.73. The van der Waals surface area contributed by atoms with Crippen molar-refractivity contribution in [3.8, 4) is 0 Å². The first kappa shape index (κ1) is 16.2. The standard InChI is InChI=1S/C15H22Br2O/c1-9-6-13(17)11(8-12(9)16)14(18)7-10(2)15(3,4)5/h6,8,10,14,18H,7H2,1-5H3. The molecule has 0 aliphatic heterocycles. The van der Waals surface area contributed by atoms with Crippen LogP contribution in [0.25, 0.3) is 0 Å². The van der Waals surface area contributed by atoms with Crippen molar-refractivity contribution in [2.45, 2.75) is 47.1 Å². The highest BCUT2D eigenvalue weighted by atomic mass is 79.9. The fourth-order valence-corrected chi connectivity index (χ4v) is 2.82. The summed E-state index contributed by atoms with van der Waals surface area (Å²) in [5.41, 5.74) is 2.35.